The molecule has 0 aromatic heterocycles. The Kier molecular flexibility index (Phi) is 10.4. The van der Waals surface area contributed by atoms with Gasteiger partial charge in [0, 0.05) is 27.2 Å². The lowest BCUT2D eigenvalue weighted by atomic mass is 10.1. The highest BCUT2D eigenvalue weighted by molar-refractivity contribution is 7.90. The smallest absolute Gasteiger partial charge is 0.304 e. The maximum Gasteiger partial charge on any atom is 0.304 e. The van der Waals surface area contributed by atoms with Crippen LogP contribution in [0.1, 0.15) is 43.4 Å². The first-order valence-electron chi connectivity index (χ1n) is 12.0. The summed E-state index contributed by atoms with van der Waals surface area (Å²) >= 11 is 0. The fraction of sp³-hybridized carbons (Fsp3) is 0.462. The van der Waals surface area contributed by atoms with E-state index in [1.54, 1.807) is 38.1 Å². The first kappa shape index (κ1) is 29.3. The molecule has 1 atom stereocenters. The predicted octanol–water partition coefficient (Wildman–Crippen LogP) is 3.39. The van der Waals surface area contributed by atoms with Gasteiger partial charge in [0.1, 0.15) is 18.4 Å². The largest absolute Gasteiger partial charge is 0.354 e. The molecule has 8 nitrogen and oxygen atoms in total. The Labute approximate surface area is 214 Å². The molecule has 10 heteroatoms. The van der Waals surface area contributed by atoms with Gasteiger partial charge in [-0.3, -0.25) is 9.59 Å². The van der Waals surface area contributed by atoms with Crippen LogP contribution >= 0.6 is 0 Å². The second-order valence-electron chi connectivity index (χ2n) is 8.95. The van der Waals surface area contributed by atoms with Gasteiger partial charge in [-0.15, -0.1) is 0 Å². The van der Waals surface area contributed by atoms with Crippen LogP contribution in [0.2, 0.25) is 0 Å². The van der Waals surface area contributed by atoms with Crippen LogP contribution in [0.15, 0.2) is 42.5 Å². The first-order chi connectivity index (χ1) is 16.9. The summed E-state index contributed by atoms with van der Waals surface area (Å²) in [7, 11) is -1.23. The number of nitrogens with one attached hydrogen (secondary N) is 1. The lowest BCUT2D eigenvalue weighted by Gasteiger charge is -2.34. The van der Waals surface area contributed by atoms with Gasteiger partial charge in [0.25, 0.3) is 0 Å². The predicted molar refractivity (Wildman–Crippen MR) is 140 cm³/mol. The monoisotopic (exact) mass is 520 g/mol. The molecule has 0 aliphatic carbocycles. The van der Waals surface area contributed by atoms with Crippen molar-refractivity contribution in [2.45, 2.75) is 53.1 Å². The number of hydrogen-bond donors (Lipinski definition) is 1. The fourth-order valence-electron chi connectivity index (χ4n) is 3.76. The van der Waals surface area contributed by atoms with Gasteiger partial charge in [-0.25, -0.2) is 8.70 Å². The maximum atomic E-state index is 13.8. The third-order valence-electron chi connectivity index (χ3n) is 5.85. The van der Waals surface area contributed by atoms with Crippen molar-refractivity contribution in [1.29, 1.82) is 0 Å². The van der Waals surface area contributed by atoms with Crippen molar-refractivity contribution in [3.05, 3.63) is 65.0 Å². The number of halogens is 1. The lowest BCUT2D eigenvalue weighted by molar-refractivity contribution is -0.140. The highest BCUT2D eigenvalue weighted by atomic mass is 32.2. The molecule has 0 saturated carbocycles. The minimum atomic E-state index is -4.04. The zero-order chi connectivity index (χ0) is 27.0. The SMILES string of the molecule is CCCNC(=O)[C@H](CC)N(Cc1ccc(F)cc1)C(=O)CN(c1cc(C)ccc1C)S(=O)(=O)N(C)C. The summed E-state index contributed by atoms with van der Waals surface area (Å²) in [6.45, 7) is 7.33. The van der Waals surface area contributed by atoms with Crippen molar-refractivity contribution < 1.29 is 22.4 Å². The molecule has 0 saturated heterocycles. The van der Waals surface area contributed by atoms with Gasteiger partial charge in [0.05, 0.1) is 5.69 Å². The van der Waals surface area contributed by atoms with E-state index in [0.717, 1.165) is 20.6 Å². The van der Waals surface area contributed by atoms with E-state index in [0.29, 0.717) is 29.8 Å². The molecule has 0 radical (unpaired) electrons. The van der Waals surface area contributed by atoms with E-state index in [2.05, 4.69) is 5.32 Å². The maximum absolute atomic E-state index is 13.8. The van der Waals surface area contributed by atoms with Crippen molar-refractivity contribution >= 4 is 27.7 Å². The average Bonchev–Trinajstić information content (AvgIpc) is 2.83. The third-order valence-corrected chi connectivity index (χ3v) is 7.66. The lowest BCUT2D eigenvalue weighted by Crippen LogP contribution is -2.53. The van der Waals surface area contributed by atoms with E-state index < -0.39 is 34.5 Å². The number of carbonyl (C=O) groups is 2. The van der Waals surface area contributed by atoms with Crippen LogP contribution in [0.5, 0.6) is 0 Å². The summed E-state index contributed by atoms with van der Waals surface area (Å²) in [6, 6.07) is 10.2. The van der Waals surface area contributed by atoms with E-state index in [1.807, 2.05) is 19.9 Å². The topological polar surface area (TPSA) is 90.0 Å². The van der Waals surface area contributed by atoms with Crippen LogP contribution in [0.4, 0.5) is 10.1 Å². The minimum absolute atomic E-state index is 0.0276. The third kappa shape index (κ3) is 7.27. The quantitative estimate of drug-likeness (QED) is 0.465. The van der Waals surface area contributed by atoms with Gasteiger partial charge in [-0.1, -0.05) is 38.1 Å². The second kappa shape index (κ2) is 12.8. The fourth-order valence-corrected chi connectivity index (χ4v) is 4.88. The summed E-state index contributed by atoms with van der Waals surface area (Å²) in [5.41, 5.74) is 2.55. The standard InChI is InChI=1S/C26H37FN4O4S/c1-7-15-28-26(33)23(8-2)30(17-21-11-13-22(27)14-12-21)25(32)18-31(36(34,35)29(5)6)24-16-19(3)9-10-20(24)4/h9-14,16,23H,7-8,15,17-18H2,1-6H3,(H,28,33)/t23-/m0/s1. The molecule has 36 heavy (non-hydrogen) atoms. The van der Waals surface area contributed by atoms with Gasteiger partial charge in [-0.05, 0) is 61.6 Å². The number of benzene rings is 2. The Hall–Kier alpha value is -2.98. The summed E-state index contributed by atoms with van der Waals surface area (Å²) in [4.78, 5) is 28.1. The molecule has 2 amide bonds. The van der Waals surface area contributed by atoms with E-state index in [-0.39, 0.29) is 12.5 Å². The highest BCUT2D eigenvalue weighted by Gasteiger charge is 2.34. The molecule has 198 valence electrons. The van der Waals surface area contributed by atoms with Gasteiger partial charge in [-0.2, -0.15) is 12.7 Å². The van der Waals surface area contributed by atoms with E-state index in [4.69, 9.17) is 0 Å². The average molecular weight is 521 g/mol. The Morgan fingerprint density at radius 2 is 1.67 bits per heavy atom. The number of amides is 2. The Morgan fingerprint density at radius 3 is 2.22 bits per heavy atom. The van der Waals surface area contributed by atoms with Crippen molar-refractivity contribution in [3.8, 4) is 0 Å². The van der Waals surface area contributed by atoms with Crippen molar-refractivity contribution in [2.24, 2.45) is 0 Å². The van der Waals surface area contributed by atoms with Crippen LogP contribution < -0.4 is 9.62 Å². The van der Waals surface area contributed by atoms with E-state index >= 15 is 0 Å². The van der Waals surface area contributed by atoms with Crippen LogP contribution in [0.3, 0.4) is 0 Å². The van der Waals surface area contributed by atoms with Crippen molar-refractivity contribution in [2.75, 3.05) is 31.5 Å². The molecule has 0 aliphatic heterocycles. The molecule has 0 fully saturated rings. The summed E-state index contributed by atoms with van der Waals surface area (Å²) in [5.74, 6) is -1.27. The van der Waals surface area contributed by atoms with Crippen LogP contribution in [0, 0.1) is 19.7 Å². The molecule has 2 aromatic rings. The van der Waals surface area contributed by atoms with Crippen LogP contribution in [0.25, 0.3) is 0 Å². The van der Waals surface area contributed by atoms with Crippen LogP contribution in [-0.2, 0) is 26.3 Å². The molecular formula is C26H37FN4O4S. The van der Waals surface area contributed by atoms with E-state index in [1.165, 1.54) is 31.1 Å². The molecule has 0 unspecified atom stereocenters. The van der Waals surface area contributed by atoms with Crippen molar-refractivity contribution in [1.82, 2.24) is 14.5 Å². The Bertz CT molecular complexity index is 1150. The zero-order valence-corrected chi connectivity index (χ0v) is 22.7. The number of carbonyl (C=O) groups excluding carboxylic acids is 2. The minimum Gasteiger partial charge on any atom is -0.354 e. The first-order valence-corrected chi connectivity index (χ1v) is 13.4. The molecule has 0 heterocycles. The van der Waals surface area contributed by atoms with Gasteiger partial charge in [0.2, 0.25) is 11.8 Å². The summed E-state index contributed by atoms with van der Waals surface area (Å²) in [6.07, 6.45) is 1.06. The normalized spacial score (nSPS) is 12.3. The van der Waals surface area contributed by atoms with Gasteiger partial charge in [0.15, 0.2) is 0 Å². The molecular weight excluding hydrogens is 483 g/mol. The number of nitrogens with zero attached hydrogens (tertiary/aromatic N) is 3. The highest BCUT2D eigenvalue weighted by Crippen LogP contribution is 2.26. The Morgan fingerprint density at radius 1 is 1.03 bits per heavy atom. The van der Waals surface area contributed by atoms with Gasteiger partial charge >= 0.3 is 10.2 Å². The molecule has 0 spiro atoms. The number of rotatable bonds is 12. The molecule has 2 rings (SSSR count). The zero-order valence-electron chi connectivity index (χ0n) is 21.9. The Balaban J connectivity index is 2.53. The molecule has 0 aliphatic rings. The number of anilines is 1. The second-order valence-corrected chi connectivity index (χ2v) is 11.0. The summed E-state index contributed by atoms with van der Waals surface area (Å²) in [5, 5.41) is 2.83. The molecule has 0 bridgehead atoms. The number of aryl methyl sites for hydroxylation is 2. The number of hydrogen-bond acceptors (Lipinski definition) is 4. The van der Waals surface area contributed by atoms with Crippen LogP contribution in [-0.4, -0.2) is 62.7 Å². The van der Waals surface area contributed by atoms with E-state index in [9.17, 15) is 22.4 Å². The molecule has 1 N–H and O–H groups in total. The summed E-state index contributed by atoms with van der Waals surface area (Å²) < 4.78 is 42.3. The van der Waals surface area contributed by atoms with Gasteiger partial charge < -0.3 is 10.2 Å². The van der Waals surface area contributed by atoms with Crippen molar-refractivity contribution in [3.63, 3.8) is 0 Å². The molecule has 2 aromatic carbocycles.